The minimum Gasteiger partial charge on any atom is -0.493 e. The van der Waals surface area contributed by atoms with Crippen LogP contribution in [0, 0.1) is 19.7 Å². The minimum atomic E-state index is -0.211. The van der Waals surface area contributed by atoms with E-state index in [-0.39, 0.29) is 5.82 Å². The van der Waals surface area contributed by atoms with Gasteiger partial charge in [0.2, 0.25) is 5.82 Å². The molecule has 3 heterocycles. The first kappa shape index (κ1) is 22.5. The molecule has 0 fully saturated rings. The number of nitrogens with one attached hydrogen (secondary N) is 2. The second-order valence-corrected chi connectivity index (χ2v) is 8.16. The first-order chi connectivity index (χ1) is 17.0. The van der Waals surface area contributed by atoms with E-state index >= 15 is 0 Å². The molecule has 9 nitrogen and oxygen atoms in total. The Balaban J connectivity index is 1.35. The normalized spacial score (nSPS) is 11.2. The van der Waals surface area contributed by atoms with E-state index in [9.17, 15) is 4.39 Å². The summed E-state index contributed by atoms with van der Waals surface area (Å²) in [5.74, 6) is 1.58. The smallest absolute Gasteiger partial charge is 0.208 e. The van der Waals surface area contributed by atoms with Crippen LogP contribution < -0.4 is 10.1 Å². The second kappa shape index (κ2) is 9.49. The molecule has 0 spiro atoms. The van der Waals surface area contributed by atoms with Gasteiger partial charge in [-0.15, -0.1) is 10.2 Å². The summed E-state index contributed by atoms with van der Waals surface area (Å²) in [4.78, 5) is 8.77. The molecule has 35 heavy (non-hydrogen) atoms. The van der Waals surface area contributed by atoms with E-state index < -0.39 is 0 Å². The highest BCUT2D eigenvalue weighted by molar-refractivity contribution is 5.85. The van der Waals surface area contributed by atoms with E-state index in [1.54, 1.807) is 0 Å². The molecule has 0 radical (unpaired) electrons. The summed E-state index contributed by atoms with van der Waals surface area (Å²) in [5.41, 5.74) is 5.08. The predicted octanol–water partition coefficient (Wildman–Crippen LogP) is 4.55. The van der Waals surface area contributed by atoms with Crippen LogP contribution >= 0.6 is 0 Å². The monoisotopic (exact) mass is 472 g/mol. The SMILES string of the molecule is CCOc1cc(-c2cc(NCCn3c(C)cc4c(C)ccc(F)c43)ncn2)ccc1-c1nn[nH]n1. The third-order valence-electron chi connectivity index (χ3n) is 5.91. The number of hydrogen-bond acceptors (Lipinski definition) is 7. The minimum absolute atomic E-state index is 0.211. The van der Waals surface area contributed by atoms with Crippen molar-refractivity contribution in [2.75, 3.05) is 18.5 Å². The first-order valence-corrected chi connectivity index (χ1v) is 11.4. The van der Waals surface area contributed by atoms with Gasteiger partial charge in [-0.1, -0.05) is 12.1 Å². The number of rotatable bonds is 8. The number of hydrogen-bond donors (Lipinski definition) is 2. The van der Waals surface area contributed by atoms with Crippen LogP contribution in [0.2, 0.25) is 0 Å². The molecule has 0 amide bonds. The van der Waals surface area contributed by atoms with Crippen molar-refractivity contribution in [1.29, 1.82) is 0 Å². The molecule has 0 saturated heterocycles. The van der Waals surface area contributed by atoms with Crippen LogP contribution in [0.4, 0.5) is 10.2 Å². The molecule has 0 aliphatic heterocycles. The largest absolute Gasteiger partial charge is 0.493 e. The molecule has 178 valence electrons. The van der Waals surface area contributed by atoms with Crippen LogP contribution in [0.1, 0.15) is 18.2 Å². The summed E-state index contributed by atoms with van der Waals surface area (Å²) in [6, 6.07) is 13.0. The number of aromatic amines is 1. The number of H-pyrrole nitrogens is 1. The molecule has 0 bridgehead atoms. The molecule has 2 aromatic carbocycles. The van der Waals surface area contributed by atoms with Gasteiger partial charge in [-0.3, -0.25) is 0 Å². The average Bonchev–Trinajstić information content (AvgIpc) is 3.51. The fraction of sp³-hybridized carbons (Fsp3) is 0.240. The van der Waals surface area contributed by atoms with Gasteiger partial charge in [0.25, 0.3) is 0 Å². The molecule has 5 aromatic rings. The van der Waals surface area contributed by atoms with Gasteiger partial charge in [-0.05, 0) is 55.8 Å². The van der Waals surface area contributed by atoms with Crippen LogP contribution in [-0.4, -0.2) is 48.3 Å². The standard InChI is InChI=1S/C25H25FN8O/c1-4-35-22-12-17(6-7-18(22)25-30-32-33-31-25)21-13-23(29-14-28-21)27-9-10-34-16(3)11-19-15(2)5-8-20(26)24(19)34/h5-8,11-14H,4,9-10H2,1-3H3,(H,27,28,29)(H,30,31,32,33). The maximum atomic E-state index is 14.6. The van der Waals surface area contributed by atoms with Crippen molar-refractivity contribution in [3.63, 3.8) is 0 Å². The van der Waals surface area contributed by atoms with E-state index in [4.69, 9.17) is 4.74 Å². The molecule has 0 aliphatic rings. The summed E-state index contributed by atoms with van der Waals surface area (Å²) >= 11 is 0. The Kier molecular flexibility index (Phi) is 6.09. The quantitative estimate of drug-likeness (QED) is 0.341. The van der Waals surface area contributed by atoms with Crippen molar-refractivity contribution >= 4 is 16.7 Å². The number of aromatic nitrogens is 7. The van der Waals surface area contributed by atoms with Gasteiger partial charge >= 0.3 is 0 Å². The average molecular weight is 473 g/mol. The highest BCUT2D eigenvalue weighted by Crippen LogP contribution is 2.32. The molecule has 0 aliphatic carbocycles. The zero-order valence-electron chi connectivity index (χ0n) is 19.7. The Bertz CT molecular complexity index is 1480. The number of halogens is 1. The van der Waals surface area contributed by atoms with Gasteiger partial charge in [-0.2, -0.15) is 5.21 Å². The van der Waals surface area contributed by atoms with Gasteiger partial charge < -0.3 is 14.6 Å². The van der Waals surface area contributed by atoms with Gasteiger partial charge in [0.1, 0.15) is 23.7 Å². The van der Waals surface area contributed by atoms with Crippen molar-refractivity contribution in [2.24, 2.45) is 0 Å². The Labute approximate surface area is 201 Å². The lowest BCUT2D eigenvalue weighted by molar-refractivity contribution is 0.341. The Morgan fingerprint density at radius 3 is 2.77 bits per heavy atom. The molecular formula is C25H25FN8O. The van der Waals surface area contributed by atoms with E-state index in [0.29, 0.717) is 42.6 Å². The number of tetrazole rings is 1. The number of ether oxygens (including phenoxy) is 1. The van der Waals surface area contributed by atoms with E-state index in [1.165, 1.54) is 12.4 Å². The topological polar surface area (TPSA) is 106 Å². The zero-order valence-corrected chi connectivity index (χ0v) is 19.7. The number of anilines is 1. The fourth-order valence-corrected chi connectivity index (χ4v) is 4.21. The summed E-state index contributed by atoms with van der Waals surface area (Å²) < 4.78 is 22.4. The maximum Gasteiger partial charge on any atom is 0.208 e. The van der Waals surface area contributed by atoms with Crippen LogP contribution in [0.5, 0.6) is 5.75 Å². The second-order valence-electron chi connectivity index (χ2n) is 8.16. The third kappa shape index (κ3) is 4.42. The zero-order chi connectivity index (χ0) is 24.4. The first-order valence-electron chi connectivity index (χ1n) is 11.4. The van der Waals surface area contributed by atoms with Crippen molar-refractivity contribution < 1.29 is 9.13 Å². The van der Waals surface area contributed by atoms with Crippen LogP contribution in [-0.2, 0) is 6.54 Å². The number of nitrogens with zero attached hydrogens (tertiary/aromatic N) is 6. The lowest BCUT2D eigenvalue weighted by Crippen LogP contribution is -2.13. The Morgan fingerprint density at radius 2 is 1.97 bits per heavy atom. The molecule has 2 N–H and O–H groups in total. The molecule has 10 heteroatoms. The highest BCUT2D eigenvalue weighted by Gasteiger charge is 2.14. The highest BCUT2D eigenvalue weighted by atomic mass is 19.1. The van der Waals surface area contributed by atoms with E-state index in [0.717, 1.165) is 33.5 Å². The van der Waals surface area contributed by atoms with E-state index in [1.807, 2.05) is 61.7 Å². The molecule has 0 atom stereocenters. The molecule has 0 saturated carbocycles. The van der Waals surface area contributed by atoms with Gasteiger partial charge in [0, 0.05) is 35.8 Å². The molecular weight excluding hydrogens is 447 g/mol. The molecule has 0 unspecified atom stereocenters. The third-order valence-corrected chi connectivity index (χ3v) is 5.91. The summed E-state index contributed by atoms with van der Waals surface area (Å²) in [7, 11) is 0. The van der Waals surface area contributed by atoms with Gasteiger partial charge in [0.05, 0.1) is 23.4 Å². The predicted molar refractivity (Wildman–Crippen MR) is 132 cm³/mol. The molecule has 5 rings (SSSR count). The number of fused-ring (bicyclic) bond motifs is 1. The fourth-order valence-electron chi connectivity index (χ4n) is 4.21. The summed E-state index contributed by atoms with van der Waals surface area (Å²) in [6.45, 7) is 7.59. The van der Waals surface area contributed by atoms with Crippen LogP contribution in [0.3, 0.4) is 0 Å². The Morgan fingerprint density at radius 1 is 1.09 bits per heavy atom. The molecule has 3 aromatic heterocycles. The lowest BCUT2D eigenvalue weighted by atomic mass is 10.1. The van der Waals surface area contributed by atoms with Crippen LogP contribution in [0.15, 0.2) is 48.8 Å². The summed E-state index contributed by atoms with van der Waals surface area (Å²) in [6.07, 6.45) is 1.52. The van der Waals surface area contributed by atoms with E-state index in [2.05, 4.69) is 35.9 Å². The van der Waals surface area contributed by atoms with Crippen molar-refractivity contribution in [3.8, 4) is 28.4 Å². The van der Waals surface area contributed by atoms with Crippen molar-refractivity contribution in [3.05, 3.63) is 65.9 Å². The Hall–Kier alpha value is -4.34. The van der Waals surface area contributed by atoms with Gasteiger partial charge in [-0.25, -0.2) is 14.4 Å². The number of aryl methyl sites for hydroxylation is 2. The van der Waals surface area contributed by atoms with Crippen molar-refractivity contribution in [1.82, 2.24) is 35.2 Å². The number of benzene rings is 2. The van der Waals surface area contributed by atoms with Crippen molar-refractivity contribution in [2.45, 2.75) is 27.3 Å². The maximum absolute atomic E-state index is 14.6. The van der Waals surface area contributed by atoms with Crippen LogP contribution in [0.25, 0.3) is 33.5 Å². The lowest BCUT2D eigenvalue weighted by Gasteiger charge is -2.12. The summed E-state index contributed by atoms with van der Waals surface area (Å²) in [5, 5.41) is 18.5. The van der Waals surface area contributed by atoms with Gasteiger partial charge in [0.15, 0.2) is 0 Å².